The summed E-state index contributed by atoms with van der Waals surface area (Å²) in [5.41, 5.74) is 1.32. The van der Waals surface area contributed by atoms with E-state index in [4.69, 9.17) is 37.4 Å². The van der Waals surface area contributed by atoms with Crippen molar-refractivity contribution in [3.05, 3.63) is 89.2 Å². The van der Waals surface area contributed by atoms with Crippen LogP contribution in [0.5, 0.6) is 0 Å². The normalized spacial score (nSPS) is 20.7. The molecule has 4 unspecified atom stereocenters. The van der Waals surface area contributed by atoms with Crippen molar-refractivity contribution in [1.82, 2.24) is 9.55 Å². The summed E-state index contributed by atoms with van der Waals surface area (Å²) >= 11 is 12.8. The molecule has 8 heteroatoms. The number of alkyl halides is 1. The van der Waals surface area contributed by atoms with Crippen LogP contribution in [0.4, 0.5) is 4.39 Å². The average molecular weight is 479 g/mol. The quantitative estimate of drug-likeness (QED) is 0.339. The first-order valence-corrected chi connectivity index (χ1v) is 11.4. The lowest BCUT2D eigenvalue weighted by molar-refractivity contribution is -0.228. The molecular formula is C24H25Cl2FN2O3. The molecule has 2 heterocycles. The van der Waals surface area contributed by atoms with Crippen LogP contribution in [0.25, 0.3) is 0 Å². The molecule has 0 radical (unpaired) electrons. The third-order valence-corrected chi connectivity index (χ3v) is 6.06. The Morgan fingerprint density at radius 2 is 1.91 bits per heavy atom. The van der Waals surface area contributed by atoms with Crippen molar-refractivity contribution < 1.29 is 18.6 Å². The van der Waals surface area contributed by atoms with Crippen molar-refractivity contribution in [3.8, 4) is 0 Å². The summed E-state index contributed by atoms with van der Waals surface area (Å²) in [6.45, 7) is 0.845. The van der Waals surface area contributed by atoms with Crippen LogP contribution in [0.2, 0.25) is 5.02 Å². The highest BCUT2D eigenvalue weighted by Crippen LogP contribution is 2.37. The van der Waals surface area contributed by atoms with Gasteiger partial charge in [0.2, 0.25) is 0 Å². The van der Waals surface area contributed by atoms with Gasteiger partial charge in [-0.1, -0.05) is 47.5 Å². The van der Waals surface area contributed by atoms with Gasteiger partial charge in [0.05, 0.1) is 25.6 Å². The predicted molar refractivity (Wildman–Crippen MR) is 121 cm³/mol. The molecule has 5 nitrogen and oxygen atoms in total. The summed E-state index contributed by atoms with van der Waals surface area (Å²) < 4.78 is 33.2. The summed E-state index contributed by atoms with van der Waals surface area (Å²) in [6, 6.07) is 13.7. The lowest BCUT2D eigenvalue weighted by Crippen LogP contribution is -2.34. The Labute approximate surface area is 197 Å². The zero-order valence-electron chi connectivity index (χ0n) is 17.4. The molecule has 4 rings (SSSR count). The Balaban J connectivity index is 1.37. The van der Waals surface area contributed by atoms with Crippen molar-refractivity contribution in [2.45, 2.75) is 49.9 Å². The molecule has 1 aromatic heterocycles. The average Bonchev–Trinajstić information content (AvgIpc) is 3.35. The van der Waals surface area contributed by atoms with Crippen LogP contribution < -0.4 is 0 Å². The minimum atomic E-state index is -0.502. The molecule has 0 spiro atoms. The molecule has 170 valence electrons. The predicted octanol–water partition coefficient (Wildman–Crippen LogP) is 6.28. The van der Waals surface area contributed by atoms with Crippen LogP contribution in [-0.4, -0.2) is 28.6 Å². The second-order valence-corrected chi connectivity index (χ2v) is 8.63. The Hall–Kier alpha value is -1.96. The zero-order valence-corrected chi connectivity index (χ0v) is 19.0. The van der Waals surface area contributed by atoms with E-state index in [2.05, 4.69) is 4.98 Å². The standard InChI is InChI=1S/C24H25Cl2FN2O3/c25-19-8-6-18(7-9-19)23(24(26)29-13-12-28-16-29)32-22-3-1-2-21(31-22)15-30-14-17-4-10-20(27)11-5-17/h4-13,16,21-24H,1-3,14-15H2. The Bertz CT molecular complexity index is 954. The van der Waals surface area contributed by atoms with E-state index in [1.54, 1.807) is 35.4 Å². The van der Waals surface area contributed by atoms with Gasteiger partial charge in [-0.2, -0.15) is 0 Å². The number of imidazole rings is 1. The van der Waals surface area contributed by atoms with Gasteiger partial charge < -0.3 is 18.8 Å². The molecule has 1 fully saturated rings. The van der Waals surface area contributed by atoms with E-state index < -0.39 is 17.9 Å². The molecule has 1 saturated heterocycles. The molecule has 2 aromatic carbocycles. The van der Waals surface area contributed by atoms with Crippen LogP contribution in [0.15, 0.2) is 67.3 Å². The summed E-state index contributed by atoms with van der Waals surface area (Å²) in [4.78, 5) is 4.09. The maximum Gasteiger partial charge on any atom is 0.159 e. The minimum absolute atomic E-state index is 0.0814. The lowest BCUT2D eigenvalue weighted by Gasteiger charge is -2.34. The van der Waals surface area contributed by atoms with Crippen LogP contribution >= 0.6 is 23.2 Å². The third-order valence-electron chi connectivity index (χ3n) is 5.35. The van der Waals surface area contributed by atoms with Crippen LogP contribution in [0.1, 0.15) is 42.0 Å². The molecular weight excluding hydrogens is 454 g/mol. The van der Waals surface area contributed by atoms with Crippen LogP contribution in [0, 0.1) is 5.82 Å². The highest BCUT2D eigenvalue weighted by atomic mass is 35.5. The molecule has 3 aromatic rings. The molecule has 0 bridgehead atoms. The number of hydrogen-bond donors (Lipinski definition) is 0. The monoisotopic (exact) mass is 478 g/mol. The fourth-order valence-corrected chi connectivity index (χ4v) is 4.11. The number of ether oxygens (including phenoxy) is 3. The minimum Gasteiger partial charge on any atom is -0.374 e. The van der Waals surface area contributed by atoms with E-state index in [-0.39, 0.29) is 11.9 Å². The SMILES string of the molecule is Fc1ccc(COCC2CCCC(OC(c3ccc(Cl)cc3)C(Cl)n3ccnc3)O2)cc1. The smallest absolute Gasteiger partial charge is 0.159 e. The van der Waals surface area contributed by atoms with Crippen molar-refractivity contribution >= 4 is 23.2 Å². The Morgan fingerprint density at radius 1 is 1.12 bits per heavy atom. The van der Waals surface area contributed by atoms with Gasteiger partial charge in [0.1, 0.15) is 17.4 Å². The van der Waals surface area contributed by atoms with Crippen LogP contribution in [-0.2, 0) is 20.8 Å². The fourth-order valence-electron chi connectivity index (χ4n) is 3.66. The van der Waals surface area contributed by atoms with E-state index in [1.165, 1.54) is 12.1 Å². The van der Waals surface area contributed by atoms with Gasteiger partial charge >= 0.3 is 0 Å². The van der Waals surface area contributed by atoms with Crippen molar-refractivity contribution in [3.63, 3.8) is 0 Å². The third kappa shape index (κ3) is 6.30. The second kappa shape index (κ2) is 11.3. The molecule has 0 amide bonds. The zero-order chi connectivity index (χ0) is 22.3. The summed E-state index contributed by atoms with van der Waals surface area (Å²) in [5.74, 6) is -0.257. The number of benzene rings is 2. The fraction of sp³-hybridized carbons (Fsp3) is 0.375. The summed E-state index contributed by atoms with van der Waals surface area (Å²) in [7, 11) is 0. The maximum absolute atomic E-state index is 13.0. The van der Waals surface area contributed by atoms with Gasteiger partial charge in [-0.3, -0.25) is 0 Å². The van der Waals surface area contributed by atoms with Gasteiger partial charge in [0, 0.05) is 17.4 Å². The van der Waals surface area contributed by atoms with E-state index in [9.17, 15) is 4.39 Å². The summed E-state index contributed by atoms with van der Waals surface area (Å²) in [6.07, 6.45) is 6.82. The molecule has 1 aliphatic heterocycles. The van der Waals surface area contributed by atoms with Crippen molar-refractivity contribution in [2.24, 2.45) is 0 Å². The first-order chi connectivity index (χ1) is 15.6. The van der Waals surface area contributed by atoms with E-state index in [1.807, 2.05) is 24.3 Å². The van der Waals surface area contributed by atoms with Gasteiger partial charge in [-0.25, -0.2) is 9.37 Å². The first-order valence-electron chi connectivity index (χ1n) is 10.6. The Kier molecular flexibility index (Phi) is 8.16. The maximum atomic E-state index is 13.0. The lowest BCUT2D eigenvalue weighted by atomic mass is 10.1. The van der Waals surface area contributed by atoms with Crippen molar-refractivity contribution in [1.29, 1.82) is 0 Å². The molecule has 0 saturated carbocycles. The topological polar surface area (TPSA) is 45.5 Å². The molecule has 4 atom stereocenters. The number of rotatable bonds is 9. The second-order valence-electron chi connectivity index (χ2n) is 7.75. The number of aromatic nitrogens is 2. The molecule has 0 aliphatic carbocycles. The number of hydrogen-bond acceptors (Lipinski definition) is 4. The van der Waals surface area contributed by atoms with Crippen molar-refractivity contribution in [2.75, 3.05) is 6.61 Å². The molecule has 0 N–H and O–H groups in total. The summed E-state index contributed by atoms with van der Waals surface area (Å²) in [5, 5.41) is 0.647. The van der Waals surface area contributed by atoms with Gasteiger partial charge in [0.25, 0.3) is 0 Å². The first kappa shape index (κ1) is 23.2. The van der Waals surface area contributed by atoms with Gasteiger partial charge in [-0.15, -0.1) is 0 Å². The van der Waals surface area contributed by atoms with Crippen LogP contribution in [0.3, 0.4) is 0 Å². The van der Waals surface area contributed by atoms with E-state index in [0.717, 1.165) is 30.4 Å². The van der Waals surface area contributed by atoms with Gasteiger partial charge in [-0.05, 0) is 54.7 Å². The highest BCUT2D eigenvalue weighted by molar-refractivity contribution is 6.30. The van der Waals surface area contributed by atoms with E-state index in [0.29, 0.717) is 18.2 Å². The van der Waals surface area contributed by atoms with E-state index >= 15 is 0 Å². The molecule has 32 heavy (non-hydrogen) atoms. The molecule has 1 aliphatic rings. The largest absolute Gasteiger partial charge is 0.374 e. The Morgan fingerprint density at radius 3 is 2.62 bits per heavy atom. The van der Waals surface area contributed by atoms with Gasteiger partial charge in [0.15, 0.2) is 6.29 Å². The number of nitrogens with zero attached hydrogens (tertiary/aromatic N) is 2. The highest BCUT2D eigenvalue weighted by Gasteiger charge is 2.30. The number of halogens is 3.